The van der Waals surface area contributed by atoms with Gasteiger partial charge in [-0.05, 0) is 45.1 Å². The van der Waals surface area contributed by atoms with Gasteiger partial charge in [0.2, 0.25) is 0 Å². The fourth-order valence-corrected chi connectivity index (χ4v) is 9.43. The molecule has 0 aliphatic rings. The molecule has 6 aromatic rings. The van der Waals surface area contributed by atoms with E-state index in [1.165, 1.54) is 4.57 Å². The van der Waals surface area contributed by atoms with Gasteiger partial charge in [-0.25, -0.2) is 0 Å². The van der Waals surface area contributed by atoms with E-state index in [1.54, 1.807) is 0 Å². The van der Waals surface area contributed by atoms with Crippen LogP contribution in [0.3, 0.4) is 0 Å². The van der Waals surface area contributed by atoms with E-state index in [-0.39, 0.29) is 27.9 Å². The van der Waals surface area contributed by atoms with Gasteiger partial charge in [0.15, 0.2) is 8.07 Å². The Balaban J connectivity index is 2.00. The summed E-state index contributed by atoms with van der Waals surface area (Å²) in [7, 11) is -3.68. The van der Waals surface area contributed by atoms with Gasteiger partial charge in [0.25, 0.3) is 0 Å². The van der Waals surface area contributed by atoms with Crippen LogP contribution < -0.4 is 20.9 Å². The predicted octanol–water partition coefficient (Wildman–Crippen LogP) is 5.01. The zero-order chi connectivity index (χ0) is 31.5. The van der Waals surface area contributed by atoms with Gasteiger partial charge in [-0.1, -0.05) is 127 Å². The average molecular weight is 462 g/mol. The minimum Gasteiger partial charge on any atom is -0.316 e. The molecular formula is C32H25NSi. The minimum absolute atomic E-state index is 0.0857. The van der Waals surface area contributed by atoms with Crippen molar-refractivity contribution < 1.29 is 13.7 Å². The first-order chi connectivity index (χ1) is 21.0. The molecule has 1 nitrogen and oxygen atoms in total. The SMILES string of the molecule is [2H]c1c([2H])c([2H])c(-n2c([Si](c3ccccc3)(c3ccccc3)c3ccccc3)c([2H])c3c([2H])c([2H])c([2H])c([2H])c32)c([2H])c1[2H]. The summed E-state index contributed by atoms with van der Waals surface area (Å²) in [4.78, 5) is 0. The molecule has 6 rings (SSSR count). The summed E-state index contributed by atoms with van der Waals surface area (Å²) < 4.78 is 89.0. The lowest BCUT2D eigenvalue weighted by Gasteiger charge is -2.35. The lowest BCUT2D eigenvalue weighted by Crippen LogP contribution is -2.76. The fourth-order valence-electron chi connectivity index (χ4n) is 4.67. The van der Waals surface area contributed by atoms with E-state index in [0.29, 0.717) is 0 Å². The molecule has 5 aromatic carbocycles. The van der Waals surface area contributed by atoms with E-state index < -0.39 is 62.5 Å². The van der Waals surface area contributed by atoms with Gasteiger partial charge >= 0.3 is 0 Å². The topological polar surface area (TPSA) is 4.93 Å². The maximum absolute atomic E-state index is 9.72. The normalized spacial score (nSPS) is 15.6. The Morgan fingerprint density at radius 3 is 1.53 bits per heavy atom. The van der Waals surface area contributed by atoms with Crippen molar-refractivity contribution in [3.05, 3.63) is 151 Å². The fraction of sp³-hybridized carbons (Fsp3) is 0. The highest BCUT2D eigenvalue weighted by atomic mass is 28.3. The molecule has 0 fully saturated rings. The molecule has 0 atom stereocenters. The first-order valence-corrected chi connectivity index (χ1v) is 12.9. The number of nitrogens with zero attached hydrogens (tertiary/aromatic N) is 1. The van der Waals surface area contributed by atoms with Crippen LogP contribution in [-0.4, -0.2) is 12.6 Å². The van der Waals surface area contributed by atoms with Crippen molar-refractivity contribution in [1.82, 2.24) is 4.57 Å². The molecule has 2 heteroatoms. The molecule has 0 N–H and O–H groups in total. The zero-order valence-electron chi connectivity index (χ0n) is 28.1. The van der Waals surface area contributed by atoms with Crippen LogP contribution in [-0.2, 0) is 0 Å². The summed E-state index contributed by atoms with van der Waals surface area (Å²) in [6, 6.07) is 23.4. The number of hydrogen-bond donors (Lipinski definition) is 0. The maximum atomic E-state index is 9.72. The standard InChI is InChI=1S/C32H25NSi/c1-5-16-27(17-6-1)33-31-24-14-13-15-26(31)25-32(33)34(28-18-7-2-8-19-28,29-20-9-3-10-21-29)30-22-11-4-12-23-30/h1-25H/i1D,5D,6D,13D,14D,15D,16D,17D,24D,25D. The maximum Gasteiger partial charge on any atom is 0.199 e. The lowest BCUT2D eigenvalue weighted by atomic mass is 10.2. The quantitative estimate of drug-likeness (QED) is 0.251. The molecular weight excluding hydrogens is 426 g/mol. The van der Waals surface area contributed by atoms with Gasteiger partial charge in [-0.3, -0.25) is 0 Å². The van der Waals surface area contributed by atoms with Gasteiger partial charge in [-0.2, -0.15) is 0 Å². The van der Waals surface area contributed by atoms with E-state index in [9.17, 15) is 1.37 Å². The molecule has 0 spiro atoms. The second-order valence-electron chi connectivity index (χ2n) is 7.85. The highest BCUT2D eigenvalue weighted by Gasteiger charge is 2.44. The van der Waals surface area contributed by atoms with Crippen molar-refractivity contribution in [3.63, 3.8) is 0 Å². The van der Waals surface area contributed by atoms with Gasteiger partial charge in [0.05, 0.1) is 19.2 Å². The van der Waals surface area contributed by atoms with Crippen LogP contribution in [0.2, 0.25) is 0 Å². The Labute approximate surface area is 215 Å². The summed E-state index contributed by atoms with van der Waals surface area (Å²) in [6.45, 7) is 0. The molecule has 0 saturated carbocycles. The number of para-hydroxylation sites is 2. The zero-order valence-corrected chi connectivity index (χ0v) is 19.1. The van der Waals surface area contributed by atoms with Crippen LogP contribution in [0.25, 0.3) is 16.6 Å². The van der Waals surface area contributed by atoms with Crippen molar-refractivity contribution in [2.45, 2.75) is 0 Å². The summed E-state index contributed by atoms with van der Waals surface area (Å²) in [6.07, 6.45) is 0. The molecule has 1 heterocycles. The minimum atomic E-state index is -3.68. The number of rotatable bonds is 5. The molecule has 0 bridgehead atoms. The van der Waals surface area contributed by atoms with E-state index in [1.807, 2.05) is 91.0 Å². The summed E-state index contributed by atoms with van der Waals surface area (Å²) in [5.74, 6) is 0. The monoisotopic (exact) mass is 461 g/mol. The van der Waals surface area contributed by atoms with Crippen LogP contribution in [0, 0.1) is 0 Å². The first kappa shape index (κ1) is 12.4. The van der Waals surface area contributed by atoms with Gasteiger partial charge in [-0.15, -0.1) is 0 Å². The van der Waals surface area contributed by atoms with Crippen LogP contribution in [0.4, 0.5) is 0 Å². The van der Waals surface area contributed by atoms with E-state index in [0.717, 1.165) is 15.6 Å². The second kappa shape index (κ2) is 8.66. The predicted molar refractivity (Wildman–Crippen MR) is 147 cm³/mol. The van der Waals surface area contributed by atoms with Crippen LogP contribution in [0.15, 0.2) is 151 Å². The van der Waals surface area contributed by atoms with Crippen LogP contribution in [0.5, 0.6) is 0 Å². The van der Waals surface area contributed by atoms with Crippen molar-refractivity contribution in [2.24, 2.45) is 0 Å². The molecule has 1 aromatic heterocycles. The van der Waals surface area contributed by atoms with Crippen molar-refractivity contribution in [2.75, 3.05) is 0 Å². The smallest absolute Gasteiger partial charge is 0.199 e. The molecule has 34 heavy (non-hydrogen) atoms. The Bertz CT molecular complexity index is 1940. The highest BCUT2D eigenvalue weighted by molar-refractivity contribution is 7.19. The Hall–Kier alpha value is -4.14. The van der Waals surface area contributed by atoms with E-state index in [2.05, 4.69) is 0 Å². The van der Waals surface area contributed by atoms with Crippen molar-refractivity contribution in [1.29, 1.82) is 0 Å². The highest BCUT2D eigenvalue weighted by Crippen LogP contribution is 2.22. The van der Waals surface area contributed by atoms with E-state index >= 15 is 0 Å². The largest absolute Gasteiger partial charge is 0.316 e. The average Bonchev–Trinajstić information content (AvgIpc) is 3.35. The number of benzene rings is 5. The first-order valence-electron chi connectivity index (χ1n) is 15.9. The number of hydrogen-bond acceptors (Lipinski definition) is 0. The van der Waals surface area contributed by atoms with Crippen LogP contribution in [0.1, 0.15) is 13.7 Å². The summed E-state index contributed by atoms with van der Waals surface area (Å²) >= 11 is 0. The van der Waals surface area contributed by atoms with Gasteiger partial charge in [0.1, 0.15) is 0 Å². The third-order valence-electron chi connectivity index (χ3n) is 6.04. The molecule has 0 amide bonds. The summed E-state index contributed by atoms with van der Waals surface area (Å²) in [5, 5.41) is 2.62. The molecule has 0 unspecified atom stereocenters. The van der Waals surface area contributed by atoms with Crippen LogP contribution >= 0.6 is 0 Å². The Morgan fingerprint density at radius 2 is 1.00 bits per heavy atom. The molecule has 0 radical (unpaired) electrons. The lowest BCUT2D eigenvalue weighted by molar-refractivity contribution is 1.16. The molecule has 0 saturated heterocycles. The summed E-state index contributed by atoms with van der Waals surface area (Å²) in [5.41, 5.74) is -0.395. The second-order valence-corrected chi connectivity index (χ2v) is 11.6. The van der Waals surface area contributed by atoms with Gasteiger partial charge in [0, 0.05) is 11.0 Å². The third kappa shape index (κ3) is 3.23. The Kier molecular flexibility index (Phi) is 3.15. The van der Waals surface area contributed by atoms with Crippen molar-refractivity contribution >= 4 is 39.9 Å². The van der Waals surface area contributed by atoms with Crippen molar-refractivity contribution in [3.8, 4) is 5.69 Å². The van der Waals surface area contributed by atoms with Gasteiger partial charge < -0.3 is 4.57 Å². The third-order valence-corrected chi connectivity index (χ3v) is 10.7. The number of aromatic nitrogens is 1. The molecule has 0 aliphatic heterocycles. The Morgan fingerprint density at radius 1 is 0.529 bits per heavy atom. The molecule has 0 aliphatic carbocycles. The molecule has 162 valence electrons. The number of fused-ring (bicyclic) bond motifs is 1. The van der Waals surface area contributed by atoms with E-state index in [4.69, 9.17) is 12.3 Å².